The molecule has 2 amide bonds. The van der Waals surface area contributed by atoms with Crippen LogP contribution in [-0.4, -0.2) is 40.5 Å². The Bertz CT molecular complexity index is 1240. The van der Waals surface area contributed by atoms with Crippen LogP contribution in [0.3, 0.4) is 0 Å². The van der Waals surface area contributed by atoms with E-state index in [1.54, 1.807) is 0 Å². The third-order valence-electron chi connectivity index (χ3n) is 6.27. The summed E-state index contributed by atoms with van der Waals surface area (Å²) in [6, 6.07) is 29.3. The zero-order valence-corrected chi connectivity index (χ0v) is 20.6. The average Bonchev–Trinajstić information content (AvgIpc) is 3.38. The molecule has 1 aromatic heterocycles. The minimum atomic E-state index is -0.0875. The van der Waals surface area contributed by atoms with Crippen molar-refractivity contribution in [3.8, 4) is 22.6 Å². The number of para-hydroxylation sites is 1. The van der Waals surface area contributed by atoms with Crippen LogP contribution >= 0.6 is 11.8 Å². The zero-order chi connectivity index (χ0) is 24.7. The molecule has 0 radical (unpaired) electrons. The van der Waals surface area contributed by atoms with E-state index in [0.29, 0.717) is 36.9 Å². The monoisotopic (exact) mass is 497 g/mol. The van der Waals surface area contributed by atoms with Crippen molar-refractivity contribution in [1.82, 2.24) is 9.88 Å². The summed E-state index contributed by atoms with van der Waals surface area (Å²) >= 11 is 1.31. The molecule has 2 heterocycles. The number of piperidine rings is 1. The largest absolute Gasteiger partial charge is 0.431 e. The van der Waals surface area contributed by atoms with Crippen molar-refractivity contribution in [2.45, 2.75) is 18.1 Å². The second-order valence-electron chi connectivity index (χ2n) is 8.69. The quantitative estimate of drug-likeness (QED) is 0.318. The van der Waals surface area contributed by atoms with Gasteiger partial charge in [-0.05, 0) is 25.0 Å². The smallest absolute Gasteiger partial charge is 0.257 e. The second-order valence-corrected chi connectivity index (χ2v) is 9.62. The number of likely N-dealkylation sites (tertiary alicyclic amines) is 1. The van der Waals surface area contributed by atoms with Gasteiger partial charge in [-0.1, -0.05) is 90.6 Å². The first kappa shape index (κ1) is 23.9. The van der Waals surface area contributed by atoms with Gasteiger partial charge in [-0.2, -0.15) is 0 Å². The van der Waals surface area contributed by atoms with Crippen molar-refractivity contribution >= 4 is 29.3 Å². The first-order valence-electron chi connectivity index (χ1n) is 12.1. The Hall–Kier alpha value is -3.84. The molecule has 0 unspecified atom stereocenters. The van der Waals surface area contributed by atoms with Crippen LogP contribution in [-0.2, 0) is 9.59 Å². The van der Waals surface area contributed by atoms with Crippen LogP contribution in [0.2, 0.25) is 0 Å². The van der Waals surface area contributed by atoms with Gasteiger partial charge in [0.1, 0.15) is 5.69 Å². The summed E-state index contributed by atoms with van der Waals surface area (Å²) in [5.74, 6) is 0.897. The molecule has 5 rings (SSSR count). The van der Waals surface area contributed by atoms with Crippen LogP contribution in [0.1, 0.15) is 12.8 Å². The predicted octanol–water partition coefficient (Wildman–Crippen LogP) is 5.98. The Morgan fingerprint density at radius 2 is 1.44 bits per heavy atom. The van der Waals surface area contributed by atoms with Crippen molar-refractivity contribution < 1.29 is 14.0 Å². The summed E-state index contributed by atoms with van der Waals surface area (Å²) < 4.78 is 6.13. The van der Waals surface area contributed by atoms with Crippen molar-refractivity contribution in [1.29, 1.82) is 0 Å². The molecule has 3 aromatic carbocycles. The first-order chi connectivity index (χ1) is 17.7. The van der Waals surface area contributed by atoms with Crippen molar-refractivity contribution in [2.75, 3.05) is 24.2 Å². The molecule has 0 atom stereocenters. The molecule has 0 aliphatic carbocycles. The van der Waals surface area contributed by atoms with Crippen LogP contribution in [0.15, 0.2) is 101 Å². The summed E-state index contributed by atoms with van der Waals surface area (Å²) in [4.78, 5) is 32.0. The molecule has 0 saturated carbocycles. The molecule has 182 valence electrons. The lowest BCUT2D eigenvalue weighted by Crippen LogP contribution is -2.42. The van der Waals surface area contributed by atoms with E-state index >= 15 is 0 Å². The number of hydrogen-bond acceptors (Lipinski definition) is 5. The van der Waals surface area contributed by atoms with Gasteiger partial charge in [-0.25, -0.2) is 4.98 Å². The van der Waals surface area contributed by atoms with Crippen LogP contribution in [0.25, 0.3) is 22.6 Å². The van der Waals surface area contributed by atoms with E-state index in [4.69, 9.17) is 9.40 Å². The zero-order valence-electron chi connectivity index (χ0n) is 19.8. The molecular formula is C29H27N3O3S. The number of nitrogens with one attached hydrogen (secondary N) is 1. The van der Waals surface area contributed by atoms with Crippen molar-refractivity contribution in [3.05, 3.63) is 91.0 Å². The van der Waals surface area contributed by atoms with Gasteiger partial charge in [0.15, 0.2) is 5.76 Å². The lowest BCUT2D eigenvalue weighted by atomic mass is 9.96. The molecule has 1 aliphatic heterocycles. The number of carbonyl (C=O) groups is 2. The third kappa shape index (κ3) is 5.69. The maximum atomic E-state index is 12.9. The van der Waals surface area contributed by atoms with E-state index in [9.17, 15) is 9.59 Å². The summed E-state index contributed by atoms with van der Waals surface area (Å²) in [7, 11) is 0. The molecule has 6 nitrogen and oxygen atoms in total. The number of carbonyl (C=O) groups excluding carboxylic acids is 2. The van der Waals surface area contributed by atoms with Crippen LogP contribution < -0.4 is 5.32 Å². The van der Waals surface area contributed by atoms with Gasteiger partial charge < -0.3 is 14.6 Å². The van der Waals surface area contributed by atoms with Gasteiger partial charge in [-0.3, -0.25) is 9.59 Å². The lowest BCUT2D eigenvalue weighted by molar-refractivity contribution is -0.132. The fraction of sp³-hybridized carbons (Fsp3) is 0.207. The van der Waals surface area contributed by atoms with E-state index in [1.165, 1.54) is 11.8 Å². The van der Waals surface area contributed by atoms with Gasteiger partial charge in [0, 0.05) is 35.8 Å². The minimum Gasteiger partial charge on any atom is -0.431 e. The van der Waals surface area contributed by atoms with Gasteiger partial charge >= 0.3 is 0 Å². The number of anilines is 1. The number of aromatic nitrogens is 1. The Kier molecular flexibility index (Phi) is 7.47. The molecule has 36 heavy (non-hydrogen) atoms. The summed E-state index contributed by atoms with van der Waals surface area (Å²) in [5, 5.41) is 3.44. The molecule has 0 spiro atoms. The highest BCUT2D eigenvalue weighted by molar-refractivity contribution is 7.99. The highest BCUT2D eigenvalue weighted by Crippen LogP contribution is 2.35. The van der Waals surface area contributed by atoms with E-state index < -0.39 is 0 Å². The maximum Gasteiger partial charge on any atom is 0.257 e. The average molecular weight is 498 g/mol. The van der Waals surface area contributed by atoms with Crippen molar-refractivity contribution in [3.63, 3.8) is 0 Å². The Morgan fingerprint density at radius 1 is 0.861 bits per heavy atom. The number of benzene rings is 3. The van der Waals surface area contributed by atoms with E-state index in [1.807, 2.05) is 95.9 Å². The molecule has 1 fully saturated rings. The molecular weight excluding hydrogens is 470 g/mol. The topological polar surface area (TPSA) is 75.4 Å². The van der Waals surface area contributed by atoms with Gasteiger partial charge in [0.05, 0.1) is 5.75 Å². The lowest BCUT2D eigenvalue weighted by Gasteiger charge is -2.31. The van der Waals surface area contributed by atoms with E-state index in [-0.39, 0.29) is 23.5 Å². The number of nitrogens with zero attached hydrogens (tertiary/aromatic N) is 2. The van der Waals surface area contributed by atoms with Gasteiger partial charge in [-0.15, -0.1) is 0 Å². The molecule has 4 aromatic rings. The number of thioether (sulfide) groups is 1. The number of rotatable bonds is 7. The number of oxazole rings is 1. The Morgan fingerprint density at radius 3 is 2.08 bits per heavy atom. The highest BCUT2D eigenvalue weighted by Gasteiger charge is 2.28. The molecule has 7 heteroatoms. The summed E-state index contributed by atoms with van der Waals surface area (Å²) in [5.41, 5.74) is 3.47. The third-order valence-corrected chi connectivity index (χ3v) is 7.08. The van der Waals surface area contributed by atoms with Crippen molar-refractivity contribution in [2.24, 2.45) is 5.92 Å². The number of amides is 2. The Balaban J connectivity index is 1.19. The fourth-order valence-electron chi connectivity index (χ4n) is 4.31. The molecule has 1 saturated heterocycles. The van der Waals surface area contributed by atoms with E-state index in [0.717, 1.165) is 22.5 Å². The second kappa shape index (κ2) is 11.3. The minimum absolute atomic E-state index is 0.0179. The molecule has 1 N–H and O–H groups in total. The molecule has 0 bridgehead atoms. The summed E-state index contributed by atoms with van der Waals surface area (Å²) in [6.45, 7) is 1.14. The van der Waals surface area contributed by atoms with Gasteiger partial charge in [0.25, 0.3) is 5.22 Å². The SMILES string of the molecule is O=C(Nc1ccccc1)C1CCN(C(=O)CSc2nc(-c3ccccc3)c(-c3ccccc3)o2)CC1. The maximum absolute atomic E-state index is 12.9. The normalized spacial score (nSPS) is 13.9. The fourth-order valence-corrected chi connectivity index (χ4v) is 5.04. The first-order valence-corrected chi connectivity index (χ1v) is 13.0. The predicted molar refractivity (Wildman–Crippen MR) is 142 cm³/mol. The van der Waals surface area contributed by atoms with Gasteiger partial charge in [0.2, 0.25) is 11.8 Å². The highest BCUT2D eigenvalue weighted by atomic mass is 32.2. The number of hydrogen-bond donors (Lipinski definition) is 1. The molecule has 1 aliphatic rings. The Labute approximate surface area is 214 Å². The summed E-state index contributed by atoms with van der Waals surface area (Å²) in [6.07, 6.45) is 1.31. The van der Waals surface area contributed by atoms with Crippen LogP contribution in [0.5, 0.6) is 0 Å². The van der Waals surface area contributed by atoms with E-state index in [2.05, 4.69) is 5.32 Å². The van der Waals surface area contributed by atoms with Crippen LogP contribution in [0.4, 0.5) is 5.69 Å². The van der Waals surface area contributed by atoms with Crippen LogP contribution in [0, 0.1) is 5.92 Å². The standard InChI is InChI=1S/C29H27N3O3S/c33-25(32-18-16-23(17-19-32)28(34)30-24-14-8-3-9-15-24)20-36-29-31-26(21-10-4-1-5-11-21)27(35-29)22-12-6-2-7-13-22/h1-15,23H,16-20H2,(H,30,34).